The van der Waals surface area contributed by atoms with Gasteiger partial charge in [0.2, 0.25) is 0 Å². The maximum absolute atomic E-state index is 12.1. The number of aliphatic carboxylic acids is 2. The molecule has 0 aliphatic carbocycles. The Morgan fingerprint density at radius 3 is 1.88 bits per heavy atom. The quantitative estimate of drug-likeness (QED) is 0.471. The molecule has 0 aromatic heterocycles. The highest BCUT2D eigenvalue weighted by molar-refractivity contribution is 5.88. The number of hydrogen-bond acceptors (Lipinski definition) is 6. The van der Waals surface area contributed by atoms with Crippen LogP contribution in [0.5, 0.6) is 0 Å². The second-order valence-corrected chi connectivity index (χ2v) is 7.07. The first-order chi connectivity index (χ1) is 11.8. The van der Waals surface area contributed by atoms with Crippen LogP contribution >= 0.6 is 0 Å². The molecule has 150 valence electrons. The van der Waals surface area contributed by atoms with Crippen molar-refractivity contribution in [2.45, 2.75) is 77.9 Å². The average Bonchev–Trinajstić information content (AvgIpc) is 2.55. The van der Waals surface area contributed by atoms with Crippen LogP contribution in [-0.4, -0.2) is 51.7 Å². The van der Waals surface area contributed by atoms with Crippen LogP contribution < -0.4 is 0 Å². The lowest BCUT2D eigenvalue weighted by Crippen LogP contribution is -2.43. The predicted octanol–water partition coefficient (Wildman–Crippen LogP) is 2.43. The van der Waals surface area contributed by atoms with Gasteiger partial charge < -0.3 is 19.7 Å². The van der Waals surface area contributed by atoms with Crippen molar-refractivity contribution in [1.82, 2.24) is 0 Å². The minimum atomic E-state index is -1.15. The number of hydrogen-bond donors (Lipinski definition) is 2. The summed E-state index contributed by atoms with van der Waals surface area (Å²) < 4.78 is 11.1. The van der Waals surface area contributed by atoms with E-state index in [0.717, 1.165) is 0 Å². The maximum atomic E-state index is 12.1. The number of carboxylic acid groups (broad SMARTS) is 2. The van der Waals surface area contributed by atoms with Crippen molar-refractivity contribution in [3.8, 4) is 0 Å². The van der Waals surface area contributed by atoms with Crippen LogP contribution in [0.1, 0.15) is 66.7 Å². The van der Waals surface area contributed by atoms with E-state index < -0.39 is 29.1 Å². The topological polar surface area (TPSA) is 127 Å². The Morgan fingerprint density at radius 1 is 0.923 bits per heavy atom. The molecule has 0 fully saturated rings. The molecular weight excluding hydrogens is 344 g/mol. The Balaban J connectivity index is 4.74. The first kappa shape index (κ1) is 24.0. The molecule has 0 aliphatic rings. The van der Waals surface area contributed by atoms with Gasteiger partial charge in [0.25, 0.3) is 0 Å². The van der Waals surface area contributed by atoms with E-state index in [1.54, 1.807) is 20.8 Å². The smallest absolute Gasteiger partial charge is 0.306 e. The molecule has 8 heteroatoms. The van der Waals surface area contributed by atoms with Gasteiger partial charge in [0.05, 0.1) is 25.9 Å². The van der Waals surface area contributed by atoms with Crippen LogP contribution in [0.4, 0.5) is 0 Å². The molecule has 0 amide bonds. The number of carbonyl (C=O) groups is 4. The summed E-state index contributed by atoms with van der Waals surface area (Å²) in [5.41, 5.74) is -2.01. The molecule has 0 spiro atoms. The summed E-state index contributed by atoms with van der Waals surface area (Å²) in [5, 5.41) is 17.3. The third kappa shape index (κ3) is 8.42. The van der Waals surface area contributed by atoms with Crippen LogP contribution in [0.2, 0.25) is 0 Å². The Kier molecular flexibility index (Phi) is 9.48. The lowest BCUT2D eigenvalue weighted by molar-refractivity contribution is -0.172. The SMILES string of the molecule is CCC(C)(OC(=O)CCC(=O)O)C(C)COC(C)(C)C(=O)CCC(=O)O. The van der Waals surface area contributed by atoms with Gasteiger partial charge in [-0.25, -0.2) is 0 Å². The van der Waals surface area contributed by atoms with Gasteiger partial charge in [-0.1, -0.05) is 13.8 Å². The van der Waals surface area contributed by atoms with E-state index in [-0.39, 0.29) is 44.0 Å². The summed E-state index contributed by atoms with van der Waals surface area (Å²) in [5.74, 6) is -3.29. The molecule has 0 aliphatic heterocycles. The molecule has 0 aromatic rings. The van der Waals surface area contributed by atoms with E-state index in [1.807, 2.05) is 13.8 Å². The minimum Gasteiger partial charge on any atom is -0.481 e. The van der Waals surface area contributed by atoms with Gasteiger partial charge in [0, 0.05) is 12.3 Å². The molecule has 0 bridgehead atoms. The molecule has 0 heterocycles. The summed E-state index contributed by atoms with van der Waals surface area (Å²) in [7, 11) is 0. The number of ether oxygens (including phenoxy) is 2. The molecule has 0 aromatic carbocycles. The Morgan fingerprint density at radius 2 is 1.42 bits per heavy atom. The van der Waals surface area contributed by atoms with Gasteiger partial charge >= 0.3 is 17.9 Å². The van der Waals surface area contributed by atoms with Crippen LogP contribution in [0.3, 0.4) is 0 Å². The fourth-order valence-corrected chi connectivity index (χ4v) is 2.15. The standard InChI is InChI=1S/C18H30O8/c1-6-18(5,26-16(24)10-9-15(22)23)12(2)11-25-17(3,4)13(19)7-8-14(20)21/h12H,6-11H2,1-5H3,(H,20,21)(H,22,23). The predicted molar refractivity (Wildman–Crippen MR) is 92.7 cm³/mol. The molecule has 0 rings (SSSR count). The summed E-state index contributed by atoms with van der Waals surface area (Å²) in [6.45, 7) is 8.66. The highest BCUT2D eigenvalue weighted by Crippen LogP contribution is 2.28. The largest absolute Gasteiger partial charge is 0.481 e. The van der Waals surface area contributed by atoms with Crippen molar-refractivity contribution in [2.75, 3.05) is 6.61 Å². The van der Waals surface area contributed by atoms with Gasteiger partial charge in [0.15, 0.2) is 5.78 Å². The minimum absolute atomic E-state index is 0.119. The normalized spacial score (nSPS) is 15.0. The Bertz CT molecular complexity index is 525. The van der Waals surface area contributed by atoms with E-state index >= 15 is 0 Å². The summed E-state index contributed by atoms with van der Waals surface area (Å²) in [4.78, 5) is 45.1. The van der Waals surface area contributed by atoms with Crippen LogP contribution in [0, 0.1) is 5.92 Å². The first-order valence-electron chi connectivity index (χ1n) is 8.66. The number of carboxylic acids is 2. The van der Waals surface area contributed by atoms with E-state index in [4.69, 9.17) is 19.7 Å². The van der Waals surface area contributed by atoms with Crippen LogP contribution in [0.25, 0.3) is 0 Å². The second kappa shape index (κ2) is 10.3. The lowest BCUT2D eigenvalue weighted by Gasteiger charge is -2.36. The van der Waals surface area contributed by atoms with Crippen LogP contribution in [-0.2, 0) is 28.7 Å². The van der Waals surface area contributed by atoms with Crippen molar-refractivity contribution >= 4 is 23.7 Å². The summed E-state index contributed by atoms with van der Waals surface area (Å²) in [6, 6.07) is 0. The van der Waals surface area contributed by atoms with Crippen molar-refractivity contribution in [3.05, 3.63) is 0 Å². The number of esters is 1. The molecule has 26 heavy (non-hydrogen) atoms. The molecule has 0 saturated carbocycles. The molecule has 2 atom stereocenters. The fraction of sp³-hybridized carbons (Fsp3) is 0.778. The fourth-order valence-electron chi connectivity index (χ4n) is 2.15. The zero-order valence-electron chi connectivity index (χ0n) is 16.2. The number of ketones is 1. The zero-order chi connectivity index (χ0) is 20.5. The van der Waals surface area contributed by atoms with Crippen molar-refractivity contribution in [2.24, 2.45) is 5.92 Å². The second-order valence-electron chi connectivity index (χ2n) is 7.07. The van der Waals surface area contributed by atoms with Gasteiger partial charge in [-0.15, -0.1) is 0 Å². The van der Waals surface area contributed by atoms with Gasteiger partial charge in [-0.3, -0.25) is 19.2 Å². The maximum Gasteiger partial charge on any atom is 0.306 e. The molecule has 0 radical (unpaired) electrons. The van der Waals surface area contributed by atoms with E-state index in [1.165, 1.54) is 0 Å². The van der Waals surface area contributed by atoms with E-state index in [0.29, 0.717) is 6.42 Å². The van der Waals surface area contributed by atoms with Crippen molar-refractivity contribution < 1.29 is 38.9 Å². The molecule has 0 saturated heterocycles. The van der Waals surface area contributed by atoms with Gasteiger partial charge in [-0.2, -0.15) is 0 Å². The lowest BCUT2D eigenvalue weighted by atomic mass is 9.88. The van der Waals surface area contributed by atoms with Crippen molar-refractivity contribution in [3.63, 3.8) is 0 Å². The monoisotopic (exact) mass is 374 g/mol. The van der Waals surface area contributed by atoms with Gasteiger partial charge in [0.1, 0.15) is 11.2 Å². The first-order valence-corrected chi connectivity index (χ1v) is 8.66. The van der Waals surface area contributed by atoms with E-state index in [2.05, 4.69) is 0 Å². The molecule has 2 N–H and O–H groups in total. The van der Waals surface area contributed by atoms with Gasteiger partial charge in [-0.05, 0) is 27.2 Å². The Hall–Kier alpha value is -1.96. The van der Waals surface area contributed by atoms with E-state index in [9.17, 15) is 19.2 Å². The Labute approximate surface area is 153 Å². The third-order valence-electron chi connectivity index (χ3n) is 4.57. The molecular formula is C18H30O8. The number of rotatable bonds is 13. The number of carbonyl (C=O) groups excluding carboxylic acids is 2. The zero-order valence-corrected chi connectivity index (χ0v) is 16.2. The highest BCUT2D eigenvalue weighted by Gasteiger charge is 2.36. The van der Waals surface area contributed by atoms with Crippen molar-refractivity contribution in [1.29, 1.82) is 0 Å². The average molecular weight is 374 g/mol. The number of Topliss-reactive ketones (excluding diaryl/α,β-unsaturated/α-hetero) is 1. The molecule has 2 unspecified atom stereocenters. The highest BCUT2D eigenvalue weighted by atomic mass is 16.6. The van der Waals surface area contributed by atoms with Crippen LogP contribution in [0.15, 0.2) is 0 Å². The molecule has 8 nitrogen and oxygen atoms in total. The summed E-state index contributed by atoms with van der Waals surface area (Å²) >= 11 is 0. The third-order valence-corrected chi connectivity index (χ3v) is 4.57. The summed E-state index contributed by atoms with van der Waals surface area (Å²) in [6.07, 6.45) is -0.392.